The van der Waals surface area contributed by atoms with Gasteiger partial charge in [-0.3, -0.25) is 4.90 Å². The van der Waals surface area contributed by atoms with E-state index in [1.807, 2.05) is 6.07 Å². The lowest BCUT2D eigenvalue weighted by Crippen LogP contribution is -2.46. The van der Waals surface area contributed by atoms with E-state index < -0.39 is 0 Å². The highest BCUT2D eigenvalue weighted by Crippen LogP contribution is 2.15. The van der Waals surface area contributed by atoms with Gasteiger partial charge in [-0.15, -0.1) is 0 Å². The van der Waals surface area contributed by atoms with Crippen molar-refractivity contribution >= 4 is 21.9 Å². The minimum Gasteiger partial charge on any atom is -0.338 e. The van der Waals surface area contributed by atoms with Crippen molar-refractivity contribution in [3.8, 4) is 0 Å². The molecule has 20 heavy (non-hydrogen) atoms. The second kappa shape index (κ2) is 6.33. The smallest absolute Gasteiger partial charge is 0.225 e. The van der Waals surface area contributed by atoms with E-state index in [0.717, 1.165) is 43.1 Å². The van der Waals surface area contributed by atoms with Crippen LogP contribution in [0.4, 0.5) is 5.95 Å². The second-order valence-electron chi connectivity index (χ2n) is 4.94. The van der Waals surface area contributed by atoms with Crippen LogP contribution in [0.25, 0.3) is 0 Å². The number of anilines is 1. The van der Waals surface area contributed by atoms with Crippen molar-refractivity contribution in [2.24, 2.45) is 0 Å². The van der Waals surface area contributed by atoms with E-state index in [1.54, 1.807) is 12.4 Å². The SMILES string of the molecule is Brc1cccc(CN2CCN(c3ncccn3)CC2)c1. The Kier molecular flexibility index (Phi) is 4.28. The van der Waals surface area contributed by atoms with Crippen LogP contribution >= 0.6 is 15.9 Å². The molecule has 104 valence electrons. The van der Waals surface area contributed by atoms with Crippen LogP contribution in [0.3, 0.4) is 0 Å². The van der Waals surface area contributed by atoms with E-state index in [0.29, 0.717) is 0 Å². The van der Waals surface area contributed by atoms with Gasteiger partial charge in [0, 0.05) is 49.6 Å². The first kappa shape index (κ1) is 13.5. The Morgan fingerprint density at radius 3 is 2.45 bits per heavy atom. The Labute approximate surface area is 127 Å². The lowest BCUT2D eigenvalue weighted by molar-refractivity contribution is 0.248. The predicted molar refractivity (Wildman–Crippen MR) is 83.7 cm³/mol. The maximum absolute atomic E-state index is 4.31. The van der Waals surface area contributed by atoms with E-state index in [-0.39, 0.29) is 0 Å². The normalized spacial score (nSPS) is 16.4. The third-order valence-electron chi connectivity index (χ3n) is 3.50. The topological polar surface area (TPSA) is 32.3 Å². The zero-order valence-electron chi connectivity index (χ0n) is 11.2. The van der Waals surface area contributed by atoms with Gasteiger partial charge in [0.25, 0.3) is 0 Å². The quantitative estimate of drug-likeness (QED) is 0.864. The molecule has 1 aromatic carbocycles. The summed E-state index contributed by atoms with van der Waals surface area (Å²) in [6.45, 7) is 5.06. The molecule has 0 unspecified atom stereocenters. The van der Waals surface area contributed by atoms with Gasteiger partial charge in [-0.1, -0.05) is 28.1 Å². The van der Waals surface area contributed by atoms with Crippen molar-refractivity contribution in [3.63, 3.8) is 0 Å². The fourth-order valence-corrected chi connectivity index (χ4v) is 2.90. The molecule has 0 spiro atoms. The summed E-state index contributed by atoms with van der Waals surface area (Å²) in [7, 11) is 0. The summed E-state index contributed by atoms with van der Waals surface area (Å²) in [6.07, 6.45) is 3.60. The van der Waals surface area contributed by atoms with Gasteiger partial charge in [0.1, 0.15) is 0 Å². The molecule has 5 heteroatoms. The molecule has 0 saturated carbocycles. The molecule has 1 aliphatic heterocycles. The number of piperazine rings is 1. The average molecular weight is 333 g/mol. The molecule has 0 amide bonds. The molecular formula is C15H17BrN4. The highest BCUT2D eigenvalue weighted by Gasteiger charge is 2.18. The van der Waals surface area contributed by atoms with Crippen LogP contribution in [0, 0.1) is 0 Å². The summed E-state index contributed by atoms with van der Waals surface area (Å²) in [5, 5.41) is 0. The summed E-state index contributed by atoms with van der Waals surface area (Å²) in [5.74, 6) is 0.842. The molecular weight excluding hydrogens is 316 g/mol. The first-order valence-electron chi connectivity index (χ1n) is 6.80. The van der Waals surface area contributed by atoms with Gasteiger partial charge in [0.2, 0.25) is 5.95 Å². The lowest BCUT2D eigenvalue weighted by atomic mass is 10.2. The van der Waals surface area contributed by atoms with Gasteiger partial charge in [-0.2, -0.15) is 0 Å². The van der Waals surface area contributed by atoms with Gasteiger partial charge in [0.15, 0.2) is 0 Å². The van der Waals surface area contributed by atoms with Crippen molar-refractivity contribution in [2.45, 2.75) is 6.54 Å². The Balaban J connectivity index is 1.56. The summed E-state index contributed by atoms with van der Waals surface area (Å²) in [6, 6.07) is 10.4. The van der Waals surface area contributed by atoms with Crippen molar-refractivity contribution < 1.29 is 0 Å². The van der Waals surface area contributed by atoms with Crippen molar-refractivity contribution in [1.82, 2.24) is 14.9 Å². The fourth-order valence-electron chi connectivity index (χ4n) is 2.45. The standard InChI is InChI=1S/C15H17BrN4/c16-14-4-1-3-13(11-14)12-19-7-9-20(10-8-19)15-17-5-2-6-18-15/h1-6,11H,7-10,12H2. The van der Waals surface area contributed by atoms with Crippen molar-refractivity contribution in [2.75, 3.05) is 31.1 Å². The molecule has 0 radical (unpaired) electrons. The molecule has 0 N–H and O–H groups in total. The summed E-state index contributed by atoms with van der Waals surface area (Å²) in [4.78, 5) is 13.3. The molecule has 0 atom stereocenters. The first-order chi connectivity index (χ1) is 9.81. The molecule has 1 aliphatic rings. The van der Waals surface area contributed by atoms with E-state index in [9.17, 15) is 0 Å². The Hall–Kier alpha value is -1.46. The van der Waals surface area contributed by atoms with Crippen molar-refractivity contribution in [1.29, 1.82) is 0 Å². The molecule has 4 nitrogen and oxygen atoms in total. The second-order valence-corrected chi connectivity index (χ2v) is 5.86. The summed E-state index contributed by atoms with van der Waals surface area (Å²) >= 11 is 3.52. The predicted octanol–water partition coefficient (Wildman–Crippen LogP) is 2.56. The molecule has 2 heterocycles. The van der Waals surface area contributed by atoms with Gasteiger partial charge >= 0.3 is 0 Å². The molecule has 0 aliphatic carbocycles. The molecule has 0 bridgehead atoms. The highest BCUT2D eigenvalue weighted by atomic mass is 79.9. The number of halogens is 1. The molecule has 1 saturated heterocycles. The Morgan fingerprint density at radius 1 is 1.00 bits per heavy atom. The Morgan fingerprint density at radius 2 is 1.75 bits per heavy atom. The van der Waals surface area contributed by atoms with E-state index in [1.165, 1.54) is 5.56 Å². The third-order valence-corrected chi connectivity index (χ3v) is 4.00. The molecule has 3 rings (SSSR count). The van der Waals surface area contributed by atoms with Crippen LogP contribution < -0.4 is 4.90 Å². The van der Waals surface area contributed by atoms with E-state index in [4.69, 9.17) is 0 Å². The first-order valence-corrected chi connectivity index (χ1v) is 7.59. The monoisotopic (exact) mass is 332 g/mol. The van der Waals surface area contributed by atoms with Gasteiger partial charge in [0.05, 0.1) is 0 Å². The highest BCUT2D eigenvalue weighted by molar-refractivity contribution is 9.10. The van der Waals surface area contributed by atoms with Crippen LogP contribution in [0.5, 0.6) is 0 Å². The van der Waals surface area contributed by atoms with Crippen LogP contribution in [0.15, 0.2) is 47.2 Å². The lowest BCUT2D eigenvalue weighted by Gasteiger charge is -2.34. The number of nitrogens with zero attached hydrogens (tertiary/aromatic N) is 4. The van der Waals surface area contributed by atoms with E-state index in [2.05, 4.69) is 60.0 Å². The van der Waals surface area contributed by atoms with Crippen LogP contribution in [-0.4, -0.2) is 41.0 Å². The zero-order valence-corrected chi connectivity index (χ0v) is 12.8. The molecule has 1 aromatic heterocycles. The maximum atomic E-state index is 4.31. The summed E-state index contributed by atoms with van der Waals surface area (Å²) in [5.41, 5.74) is 1.35. The summed E-state index contributed by atoms with van der Waals surface area (Å²) < 4.78 is 1.14. The van der Waals surface area contributed by atoms with Crippen molar-refractivity contribution in [3.05, 3.63) is 52.8 Å². The third kappa shape index (κ3) is 3.35. The minimum absolute atomic E-state index is 0.842. The van der Waals surface area contributed by atoms with Crippen LogP contribution in [0.1, 0.15) is 5.56 Å². The van der Waals surface area contributed by atoms with E-state index >= 15 is 0 Å². The maximum Gasteiger partial charge on any atom is 0.225 e. The number of hydrogen-bond donors (Lipinski definition) is 0. The molecule has 1 fully saturated rings. The minimum atomic E-state index is 0.842. The number of rotatable bonds is 3. The number of aromatic nitrogens is 2. The Bertz CT molecular complexity index is 553. The molecule has 2 aromatic rings. The van der Waals surface area contributed by atoms with Crippen LogP contribution in [0.2, 0.25) is 0 Å². The fraction of sp³-hybridized carbons (Fsp3) is 0.333. The number of hydrogen-bond acceptors (Lipinski definition) is 4. The van der Waals surface area contributed by atoms with Crippen LogP contribution in [-0.2, 0) is 6.54 Å². The number of benzene rings is 1. The van der Waals surface area contributed by atoms with Gasteiger partial charge in [-0.25, -0.2) is 9.97 Å². The van der Waals surface area contributed by atoms with Gasteiger partial charge in [-0.05, 0) is 23.8 Å². The zero-order chi connectivity index (χ0) is 13.8. The van der Waals surface area contributed by atoms with Gasteiger partial charge < -0.3 is 4.90 Å². The average Bonchev–Trinajstić information content (AvgIpc) is 2.49. The largest absolute Gasteiger partial charge is 0.338 e.